The van der Waals surface area contributed by atoms with Gasteiger partial charge in [0.05, 0.1) is 5.75 Å². The van der Waals surface area contributed by atoms with Crippen LogP contribution in [0.4, 0.5) is 4.39 Å². The first-order chi connectivity index (χ1) is 10.3. The van der Waals surface area contributed by atoms with Crippen LogP contribution in [0.5, 0.6) is 0 Å². The van der Waals surface area contributed by atoms with Crippen LogP contribution in [0.25, 0.3) is 0 Å². The van der Waals surface area contributed by atoms with Gasteiger partial charge in [0.15, 0.2) is 0 Å². The minimum absolute atomic E-state index is 0.0709. The van der Waals surface area contributed by atoms with Crippen molar-refractivity contribution in [1.82, 2.24) is 4.90 Å². The third kappa shape index (κ3) is 5.40. The largest absolute Gasteiger partial charge is 0.343 e. The fourth-order valence-electron chi connectivity index (χ4n) is 2.77. The predicted octanol–water partition coefficient (Wildman–Crippen LogP) is 2.04. The third-order valence-corrected chi connectivity index (χ3v) is 5.04. The molecule has 22 heavy (non-hydrogen) atoms. The summed E-state index contributed by atoms with van der Waals surface area (Å²) in [5.74, 6) is 0.103. The summed E-state index contributed by atoms with van der Waals surface area (Å²) < 4.78 is 35.1. The molecule has 1 aromatic rings. The maximum Gasteiger partial charge on any atom is 0.223 e. The molecule has 0 unspecified atom stereocenters. The number of piperidine rings is 1. The molecule has 122 valence electrons. The van der Waals surface area contributed by atoms with Gasteiger partial charge in [-0.15, -0.1) is 0 Å². The minimum atomic E-state index is -3.09. The van der Waals surface area contributed by atoms with E-state index in [2.05, 4.69) is 0 Å². The molecule has 0 N–H and O–H groups in total. The monoisotopic (exact) mass is 327 g/mol. The zero-order valence-corrected chi connectivity index (χ0v) is 13.6. The molecule has 0 radical (unpaired) electrons. The molecular weight excluding hydrogens is 305 g/mol. The van der Waals surface area contributed by atoms with Crippen LogP contribution >= 0.6 is 0 Å². The van der Waals surface area contributed by atoms with Crippen LogP contribution in [0, 0.1) is 11.7 Å². The predicted molar refractivity (Wildman–Crippen MR) is 83.7 cm³/mol. The van der Waals surface area contributed by atoms with Crippen LogP contribution in [0.3, 0.4) is 0 Å². The van der Waals surface area contributed by atoms with Gasteiger partial charge in [-0.2, -0.15) is 0 Å². The van der Waals surface area contributed by atoms with Crippen molar-refractivity contribution in [3.05, 3.63) is 35.6 Å². The molecule has 0 spiro atoms. The molecule has 0 saturated carbocycles. The normalized spacial score (nSPS) is 16.7. The van der Waals surface area contributed by atoms with Crippen molar-refractivity contribution in [2.24, 2.45) is 5.92 Å². The number of carbonyl (C=O) groups is 1. The van der Waals surface area contributed by atoms with Gasteiger partial charge in [-0.1, -0.05) is 12.1 Å². The average Bonchev–Trinajstić information content (AvgIpc) is 2.47. The molecular formula is C16H22FNO3S. The molecule has 2 rings (SSSR count). The molecule has 1 amide bonds. The van der Waals surface area contributed by atoms with Crippen molar-refractivity contribution in [1.29, 1.82) is 0 Å². The highest BCUT2D eigenvalue weighted by Crippen LogP contribution is 2.22. The molecule has 1 saturated heterocycles. The van der Waals surface area contributed by atoms with Crippen molar-refractivity contribution in [3.63, 3.8) is 0 Å². The first-order valence-electron chi connectivity index (χ1n) is 7.53. The average molecular weight is 327 g/mol. The van der Waals surface area contributed by atoms with E-state index in [1.54, 1.807) is 17.0 Å². The van der Waals surface area contributed by atoms with Crippen molar-refractivity contribution < 1.29 is 17.6 Å². The summed E-state index contributed by atoms with van der Waals surface area (Å²) >= 11 is 0. The molecule has 1 fully saturated rings. The van der Waals surface area contributed by atoms with Gasteiger partial charge in [-0.05, 0) is 42.9 Å². The van der Waals surface area contributed by atoms with E-state index in [1.807, 2.05) is 0 Å². The van der Waals surface area contributed by atoms with Crippen molar-refractivity contribution in [2.45, 2.75) is 25.7 Å². The number of nitrogens with zero attached hydrogens (tertiary/aromatic N) is 1. The molecule has 0 aliphatic carbocycles. The van der Waals surface area contributed by atoms with Crippen LogP contribution in [0.1, 0.15) is 24.8 Å². The lowest BCUT2D eigenvalue weighted by Gasteiger charge is -2.32. The van der Waals surface area contributed by atoms with E-state index in [9.17, 15) is 17.6 Å². The molecule has 0 bridgehead atoms. The number of likely N-dealkylation sites (tertiary alicyclic amines) is 1. The van der Waals surface area contributed by atoms with Gasteiger partial charge >= 0.3 is 0 Å². The highest BCUT2D eigenvalue weighted by molar-refractivity contribution is 7.90. The highest BCUT2D eigenvalue weighted by Gasteiger charge is 2.23. The topological polar surface area (TPSA) is 54.5 Å². The minimum Gasteiger partial charge on any atom is -0.343 e. The zero-order valence-electron chi connectivity index (χ0n) is 12.8. The third-order valence-electron chi connectivity index (χ3n) is 4.09. The Bertz CT molecular complexity index is 605. The second-order valence-electron chi connectivity index (χ2n) is 6.03. The number of carbonyl (C=O) groups excluding carboxylic acids is 1. The van der Waals surface area contributed by atoms with E-state index in [0.29, 0.717) is 19.0 Å². The quantitative estimate of drug-likeness (QED) is 0.831. The Morgan fingerprint density at radius 2 is 1.82 bits per heavy atom. The number of rotatable bonds is 5. The highest BCUT2D eigenvalue weighted by atomic mass is 32.2. The maximum absolute atomic E-state index is 12.9. The smallest absolute Gasteiger partial charge is 0.223 e. The first kappa shape index (κ1) is 16.9. The lowest BCUT2D eigenvalue weighted by atomic mass is 9.90. The number of sulfone groups is 1. The van der Waals surface area contributed by atoms with Crippen LogP contribution < -0.4 is 0 Å². The number of benzene rings is 1. The van der Waals surface area contributed by atoms with E-state index < -0.39 is 9.84 Å². The fraction of sp³-hybridized carbons (Fsp3) is 0.562. The molecule has 1 aliphatic rings. The summed E-state index contributed by atoms with van der Waals surface area (Å²) in [5, 5.41) is 0. The first-order valence-corrected chi connectivity index (χ1v) is 9.59. The summed E-state index contributed by atoms with van der Waals surface area (Å²) in [6, 6.07) is 6.55. The molecule has 1 aliphatic heterocycles. The van der Waals surface area contributed by atoms with Gasteiger partial charge in [0, 0.05) is 25.8 Å². The van der Waals surface area contributed by atoms with Crippen LogP contribution in [-0.2, 0) is 21.1 Å². The van der Waals surface area contributed by atoms with Crippen LogP contribution in [-0.4, -0.2) is 44.3 Å². The number of hydrogen-bond donors (Lipinski definition) is 0. The van der Waals surface area contributed by atoms with Crippen molar-refractivity contribution in [3.8, 4) is 0 Å². The summed E-state index contributed by atoms with van der Waals surface area (Å²) in [4.78, 5) is 13.7. The van der Waals surface area contributed by atoms with Gasteiger partial charge in [0.1, 0.15) is 15.7 Å². The summed E-state index contributed by atoms with van der Waals surface area (Å²) in [6.07, 6.45) is 3.92. The lowest BCUT2D eigenvalue weighted by Crippen LogP contribution is -2.39. The molecule has 1 heterocycles. The van der Waals surface area contributed by atoms with Crippen LogP contribution in [0.15, 0.2) is 24.3 Å². The molecule has 0 atom stereocenters. The Balaban J connectivity index is 1.77. The maximum atomic E-state index is 12.9. The number of halogens is 1. The van der Waals surface area contributed by atoms with Gasteiger partial charge in [0.2, 0.25) is 5.91 Å². The summed E-state index contributed by atoms with van der Waals surface area (Å²) in [5.41, 5.74) is 1.11. The van der Waals surface area contributed by atoms with E-state index >= 15 is 0 Å². The SMILES string of the molecule is CS(=O)(=O)CCC(=O)N1CCC(Cc2ccc(F)cc2)CC1. The summed E-state index contributed by atoms with van der Waals surface area (Å²) in [6.45, 7) is 1.35. The van der Waals surface area contributed by atoms with Crippen molar-refractivity contribution in [2.75, 3.05) is 25.1 Å². The molecule has 4 nitrogen and oxygen atoms in total. The van der Waals surface area contributed by atoms with E-state index in [4.69, 9.17) is 0 Å². The summed E-state index contributed by atoms with van der Waals surface area (Å²) in [7, 11) is -3.09. The Morgan fingerprint density at radius 1 is 1.23 bits per heavy atom. The van der Waals surface area contributed by atoms with Gasteiger partial charge in [-0.25, -0.2) is 12.8 Å². The van der Waals surface area contributed by atoms with E-state index in [0.717, 1.165) is 31.1 Å². The second kappa shape index (κ2) is 7.22. The Hall–Kier alpha value is -1.43. The Morgan fingerprint density at radius 3 is 2.36 bits per heavy atom. The van der Waals surface area contributed by atoms with Gasteiger partial charge in [0.25, 0.3) is 0 Å². The van der Waals surface area contributed by atoms with Crippen LogP contribution in [0.2, 0.25) is 0 Å². The zero-order chi connectivity index (χ0) is 16.2. The molecule has 1 aromatic carbocycles. The van der Waals surface area contributed by atoms with Gasteiger partial charge < -0.3 is 4.90 Å². The molecule has 0 aromatic heterocycles. The van der Waals surface area contributed by atoms with E-state index in [1.165, 1.54) is 12.1 Å². The Labute approximate surface area is 131 Å². The van der Waals surface area contributed by atoms with E-state index in [-0.39, 0.29) is 23.9 Å². The number of hydrogen-bond acceptors (Lipinski definition) is 3. The Kier molecular flexibility index (Phi) is 5.56. The fourth-order valence-corrected chi connectivity index (χ4v) is 3.32. The standard InChI is InChI=1S/C16H22FNO3S/c1-22(20,21)11-8-16(19)18-9-6-14(7-10-18)12-13-2-4-15(17)5-3-13/h2-5,14H,6-12H2,1H3. The second-order valence-corrected chi connectivity index (χ2v) is 8.29. The van der Waals surface area contributed by atoms with Gasteiger partial charge in [-0.3, -0.25) is 4.79 Å². The number of amides is 1. The van der Waals surface area contributed by atoms with Crippen molar-refractivity contribution >= 4 is 15.7 Å². The molecule has 6 heteroatoms. The lowest BCUT2D eigenvalue weighted by molar-refractivity contribution is -0.132.